The fourth-order valence-corrected chi connectivity index (χ4v) is 5.64. The molecular weight excluding hydrogens is 619 g/mol. The zero-order chi connectivity index (χ0) is 32.9. The highest BCUT2D eigenvalue weighted by molar-refractivity contribution is 7.85. The van der Waals surface area contributed by atoms with E-state index in [9.17, 15) is 31.2 Å². The minimum Gasteiger partial charge on any atom is -0.456 e. The molecule has 0 aliphatic carbocycles. The smallest absolute Gasteiger partial charge is 0.416 e. The van der Waals surface area contributed by atoms with Gasteiger partial charge in [-0.2, -0.15) is 21.6 Å². The van der Waals surface area contributed by atoms with Crippen molar-refractivity contribution in [2.24, 2.45) is 5.92 Å². The van der Waals surface area contributed by atoms with Crippen LogP contribution in [0.2, 0.25) is 0 Å². The van der Waals surface area contributed by atoms with Gasteiger partial charge in [-0.15, -0.1) is 0 Å². The lowest BCUT2D eigenvalue weighted by Gasteiger charge is -2.18. The Morgan fingerprint density at radius 1 is 0.826 bits per heavy atom. The molecule has 1 unspecified atom stereocenters. The van der Waals surface area contributed by atoms with Gasteiger partial charge in [-0.3, -0.25) is 14.1 Å². The molecule has 7 nitrogen and oxygen atoms in total. The lowest BCUT2D eigenvalue weighted by atomic mass is 9.90. The van der Waals surface area contributed by atoms with Crippen LogP contribution >= 0.6 is 0 Å². The molecule has 0 aliphatic heterocycles. The van der Waals surface area contributed by atoms with E-state index in [1.165, 1.54) is 12.1 Å². The molecule has 1 atom stereocenters. The van der Waals surface area contributed by atoms with Crippen LogP contribution in [0.25, 0.3) is 22.3 Å². The van der Waals surface area contributed by atoms with Gasteiger partial charge >= 0.3 is 6.18 Å². The second-order valence-electron chi connectivity index (χ2n) is 11.0. The second kappa shape index (κ2) is 13.7. The molecule has 2 N–H and O–H groups in total. The first-order valence-electron chi connectivity index (χ1n) is 14.5. The number of anilines is 1. The second-order valence-corrected chi connectivity index (χ2v) is 12.6. The lowest BCUT2D eigenvalue weighted by molar-refractivity contribution is -0.137. The molecule has 0 aliphatic rings. The average Bonchev–Trinajstić information content (AvgIpc) is 3.45. The molecule has 4 aromatic carbocycles. The number of fused-ring (bicyclic) bond motifs is 1. The fraction of sp³-hybridized carbons (Fsp3) is 0.200. The first-order valence-corrected chi connectivity index (χ1v) is 16.1. The highest BCUT2D eigenvalue weighted by Crippen LogP contribution is 2.31. The third-order valence-corrected chi connectivity index (χ3v) is 8.37. The Bertz CT molecular complexity index is 1900. The van der Waals surface area contributed by atoms with E-state index < -0.39 is 33.5 Å². The van der Waals surface area contributed by atoms with E-state index in [-0.39, 0.29) is 37.4 Å². The summed E-state index contributed by atoms with van der Waals surface area (Å²) in [5, 5.41) is 3.88. The number of furan rings is 1. The van der Waals surface area contributed by atoms with Crippen LogP contribution in [0.4, 0.5) is 18.9 Å². The van der Waals surface area contributed by atoms with Crippen LogP contribution in [0, 0.1) is 5.92 Å². The van der Waals surface area contributed by atoms with Crippen molar-refractivity contribution in [3.63, 3.8) is 0 Å². The highest BCUT2D eigenvalue weighted by atomic mass is 32.2. The summed E-state index contributed by atoms with van der Waals surface area (Å²) in [6, 6.07) is 27.9. The van der Waals surface area contributed by atoms with Crippen molar-refractivity contribution in [3.8, 4) is 11.3 Å². The van der Waals surface area contributed by atoms with Crippen LogP contribution in [0.15, 0.2) is 108 Å². The minimum absolute atomic E-state index is 0.0198. The number of ketones is 1. The molecule has 1 heterocycles. The van der Waals surface area contributed by atoms with E-state index in [0.717, 1.165) is 34.2 Å². The largest absolute Gasteiger partial charge is 0.456 e. The number of halogens is 3. The van der Waals surface area contributed by atoms with Gasteiger partial charge in [0.2, 0.25) is 5.91 Å². The third-order valence-electron chi connectivity index (χ3n) is 7.56. The van der Waals surface area contributed by atoms with Gasteiger partial charge in [-0.1, -0.05) is 54.6 Å². The summed E-state index contributed by atoms with van der Waals surface area (Å²) < 4.78 is 76.0. The van der Waals surface area contributed by atoms with Crippen molar-refractivity contribution in [1.29, 1.82) is 0 Å². The maximum atomic E-state index is 13.6. The number of benzene rings is 4. The molecule has 0 spiro atoms. The number of hydrogen-bond donors (Lipinski definition) is 2. The monoisotopic (exact) mass is 649 g/mol. The van der Waals surface area contributed by atoms with Crippen LogP contribution in [0.3, 0.4) is 0 Å². The van der Waals surface area contributed by atoms with E-state index >= 15 is 0 Å². The molecular formula is C35H30F3NO6S. The number of carbonyl (C=O) groups excluding carboxylic acids is 2. The van der Waals surface area contributed by atoms with Crippen LogP contribution in [0.1, 0.15) is 39.9 Å². The molecule has 1 aromatic heterocycles. The molecule has 0 radical (unpaired) electrons. The first-order chi connectivity index (χ1) is 21.8. The van der Waals surface area contributed by atoms with Crippen LogP contribution in [0.5, 0.6) is 0 Å². The van der Waals surface area contributed by atoms with Crippen molar-refractivity contribution in [2.45, 2.75) is 31.9 Å². The minimum atomic E-state index is -4.48. The zero-order valence-electron chi connectivity index (χ0n) is 24.5. The van der Waals surface area contributed by atoms with E-state index in [1.807, 2.05) is 42.5 Å². The predicted octanol–water partition coefficient (Wildman–Crippen LogP) is 8.01. The van der Waals surface area contributed by atoms with Gasteiger partial charge in [0, 0.05) is 34.5 Å². The van der Waals surface area contributed by atoms with Gasteiger partial charge in [0.05, 0.1) is 11.3 Å². The molecule has 0 saturated heterocycles. The summed E-state index contributed by atoms with van der Waals surface area (Å²) in [4.78, 5) is 26.0. The van der Waals surface area contributed by atoms with Crippen LogP contribution < -0.4 is 5.32 Å². The Morgan fingerprint density at radius 3 is 2.02 bits per heavy atom. The Kier molecular flexibility index (Phi) is 9.74. The van der Waals surface area contributed by atoms with Gasteiger partial charge in [0.25, 0.3) is 10.1 Å². The molecule has 0 fully saturated rings. The summed E-state index contributed by atoms with van der Waals surface area (Å²) in [5.74, 6) is -1.12. The highest BCUT2D eigenvalue weighted by Gasteiger charge is 2.30. The van der Waals surface area contributed by atoms with Gasteiger partial charge in [-0.05, 0) is 78.9 Å². The Morgan fingerprint density at radius 2 is 1.43 bits per heavy atom. The van der Waals surface area contributed by atoms with Crippen molar-refractivity contribution in [2.75, 3.05) is 11.1 Å². The Hall–Kier alpha value is -4.74. The number of para-hydroxylation sites is 1. The molecule has 0 saturated carbocycles. The summed E-state index contributed by atoms with van der Waals surface area (Å²) in [6.45, 7) is 0. The van der Waals surface area contributed by atoms with Crippen molar-refractivity contribution in [1.82, 2.24) is 0 Å². The van der Waals surface area contributed by atoms with Gasteiger partial charge in [0.1, 0.15) is 11.3 Å². The predicted molar refractivity (Wildman–Crippen MR) is 169 cm³/mol. The molecule has 1 amide bonds. The normalized spacial score (nSPS) is 12.6. The quantitative estimate of drug-likeness (QED) is 0.105. The first kappa shape index (κ1) is 32.6. The van der Waals surface area contributed by atoms with Crippen LogP contribution in [-0.4, -0.2) is 30.4 Å². The standard InChI is InChI=1S/C35H30F3NO6S/c36-35(37,38)29-15-9-24(10-16-29)21-28(20-23-7-11-25(12-8-23)31(40)5-3-19-46(42,43)44)34(41)39-30-17-13-26(14-18-30)33-22-27-4-1-2-6-32(27)45-33/h1-2,4,6-18,22,28H,3,5,19-21H2,(H,39,41)(H,42,43,44). The Balaban J connectivity index is 1.30. The number of rotatable bonds is 12. The number of alkyl halides is 3. The number of carbonyl (C=O) groups is 2. The summed E-state index contributed by atoms with van der Waals surface area (Å²) >= 11 is 0. The molecule has 238 valence electrons. The molecule has 5 rings (SSSR count). The van der Waals surface area contributed by atoms with Gasteiger partial charge in [0.15, 0.2) is 5.78 Å². The maximum absolute atomic E-state index is 13.6. The van der Waals surface area contributed by atoms with Gasteiger partial charge < -0.3 is 9.73 Å². The average molecular weight is 650 g/mol. The zero-order valence-corrected chi connectivity index (χ0v) is 25.3. The SMILES string of the molecule is O=C(CCCS(=O)(=O)O)c1ccc(CC(Cc2ccc(C(F)(F)F)cc2)C(=O)Nc2ccc(-c3cc4ccccc4o3)cc2)cc1. The number of nitrogens with one attached hydrogen (secondary N) is 1. The molecule has 0 bridgehead atoms. The van der Waals surface area contributed by atoms with E-state index in [1.54, 1.807) is 36.4 Å². The van der Waals surface area contributed by atoms with Gasteiger partial charge in [-0.25, -0.2) is 0 Å². The molecule has 5 aromatic rings. The summed E-state index contributed by atoms with van der Waals surface area (Å²) in [6.07, 6.45) is -4.16. The Labute approximate surface area is 263 Å². The summed E-state index contributed by atoms with van der Waals surface area (Å²) in [5.41, 5.74) is 2.97. The number of hydrogen-bond acceptors (Lipinski definition) is 5. The fourth-order valence-electron chi connectivity index (χ4n) is 5.13. The third kappa shape index (κ3) is 8.70. The van der Waals surface area contributed by atoms with E-state index in [0.29, 0.717) is 22.6 Å². The number of amides is 1. The van der Waals surface area contributed by atoms with E-state index in [2.05, 4.69) is 5.32 Å². The van der Waals surface area contributed by atoms with Crippen molar-refractivity contribution in [3.05, 3.63) is 125 Å². The molecule has 11 heteroatoms. The van der Waals surface area contributed by atoms with E-state index in [4.69, 9.17) is 8.97 Å². The number of Topliss-reactive ketones (excluding diaryl/α,β-unsaturated/α-hetero) is 1. The van der Waals surface area contributed by atoms with Crippen molar-refractivity contribution < 1.29 is 40.1 Å². The topological polar surface area (TPSA) is 114 Å². The lowest BCUT2D eigenvalue weighted by Crippen LogP contribution is -2.26. The van der Waals surface area contributed by atoms with Crippen molar-refractivity contribution >= 4 is 38.5 Å². The molecule has 46 heavy (non-hydrogen) atoms. The van der Waals surface area contributed by atoms with Crippen LogP contribution in [-0.2, 0) is 33.9 Å². The summed E-state index contributed by atoms with van der Waals surface area (Å²) in [7, 11) is -4.16. The maximum Gasteiger partial charge on any atom is 0.416 e.